The molecule has 0 aliphatic carbocycles. The zero-order chi connectivity index (χ0) is 13.1. The summed E-state index contributed by atoms with van der Waals surface area (Å²) in [5.74, 6) is -1.10. The molecule has 98 valence electrons. The van der Waals surface area contributed by atoms with E-state index in [4.69, 9.17) is 11.6 Å². The van der Waals surface area contributed by atoms with E-state index in [1.165, 1.54) is 18.2 Å². The first-order valence-corrected chi connectivity index (χ1v) is 6.14. The molecule has 0 atom stereocenters. The van der Waals surface area contributed by atoms with Gasteiger partial charge >= 0.3 is 0 Å². The number of nitrogens with zero attached hydrogens (tertiary/aromatic N) is 2. The Morgan fingerprint density at radius 1 is 1.33 bits per heavy atom. The number of halogens is 2. The monoisotopic (exact) mass is 271 g/mol. The van der Waals surface area contributed by atoms with Crippen LogP contribution in [0.3, 0.4) is 0 Å². The van der Waals surface area contributed by atoms with E-state index in [0.717, 1.165) is 13.1 Å². The number of hydrogen-bond acceptors (Lipinski definition) is 3. The number of nitrogens with one attached hydrogen (secondary N) is 1. The zero-order valence-corrected chi connectivity index (χ0v) is 10.9. The largest absolute Gasteiger partial charge is 0.304 e. The molecule has 0 radical (unpaired) electrons. The summed E-state index contributed by atoms with van der Waals surface area (Å²) in [4.78, 5) is 14.1. The van der Waals surface area contributed by atoms with Gasteiger partial charge in [-0.05, 0) is 19.2 Å². The Hall–Kier alpha value is -1.17. The molecule has 4 nitrogen and oxygen atoms in total. The van der Waals surface area contributed by atoms with Crippen molar-refractivity contribution < 1.29 is 9.18 Å². The van der Waals surface area contributed by atoms with E-state index in [1.54, 1.807) is 5.01 Å². The molecule has 1 heterocycles. The van der Waals surface area contributed by atoms with Crippen molar-refractivity contribution in [2.24, 2.45) is 0 Å². The minimum Gasteiger partial charge on any atom is -0.304 e. The normalized spacial score (nSPS) is 17.7. The summed E-state index contributed by atoms with van der Waals surface area (Å²) >= 11 is 5.84. The average molecular weight is 272 g/mol. The summed E-state index contributed by atoms with van der Waals surface area (Å²) in [6.45, 7) is 3.17. The molecule has 2 rings (SSSR count). The smallest absolute Gasteiger partial charge is 0.270 e. The van der Waals surface area contributed by atoms with Crippen LogP contribution in [0.1, 0.15) is 10.4 Å². The minimum atomic E-state index is -0.603. The van der Waals surface area contributed by atoms with Crippen molar-refractivity contribution in [3.8, 4) is 0 Å². The first kappa shape index (κ1) is 13.3. The van der Waals surface area contributed by atoms with Crippen LogP contribution in [0.4, 0.5) is 4.39 Å². The molecule has 1 aliphatic rings. The van der Waals surface area contributed by atoms with Gasteiger partial charge in [0.05, 0.1) is 10.6 Å². The molecular weight excluding hydrogens is 257 g/mol. The van der Waals surface area contributed by atoms with E-state index in [9.17, 15) is 9.18 Å². The molecule has 1 fully saturated rings. The predicted molar refractivity (Wildman–Crippen MR) is 67.9 cm³/mol. The van der Waals surface area contributed by atoms with Gasteiger partial charge in [0, 0.05) is 26.2 Å². The lowest BCUT2D eigenvalue weighted by Crippen LogP contribution is -2.52. The standard InChI is InChI=1S/C12H15ClFN3O/c1-16-5-7-17(8-6-16)15-12(18)11-9(13)3-2-4-10(11)14/h2-4H,5-8H2,1H3,(H,15,18). The average Bonchev–Trinajstić information content (AvgIpc) is 2.32. The summed E-state index contributed by atoms with van der Waals surface area (Å²) in [6.07, 6.45) is 0. The van der Waals surface area contributed by atoms with Crippen LogP contribution >= 0.6 is 11.6 Å². The van der Waals surface area contributed by atoms with Gasteiger partial charge in [-0.15, -0.1) is 0 Å². The van der Waals surface area contributed by atoms with Crippen LogP contribution in [0.2, 0.25) is 5.02 Å². The maximum atomic E-state index is 13.5. The molecule has 6 heteroatoms. The predicted octanol–water partition coefficient (Wildman–Crippen LogP) is 1.37. The molecule has 18 heavy (non-hydrogen) atoms. The van der Waals surface area contributed by atoms with E-state index in [0.29, 0.717) is 13.1 Å². The summed E-state index contributed by atoms with van der Waals surface area (Å²) < 4.78 is 13.5. The lowest BCUT2D eigenvalue weighted by Gasteiger charge is -2.32. The zero-order valence-electron chi connectivity index (χ0n) is 10.1. The second kappa shape index (κ2) is 5.65. The van der Waals surface area contributed by atoms with Crippen molar-refractivity contribution in [3.05, 3.63) is 34.6 Å². The van der Waals surface area contributed by atoms with E-state index in [2.05, 4.69) is 10.3 Å². The van der Waals surface area contributed by atoms with E-state index in [1.807, 2.05) is 7.05 Å². The van der Waals surface area contributed by atoms with Gasteiger partial charge in [0.15, 0.2) is 0 Å². The highest BCUT2D eigenvalue weighted by Crippen LogP contribution is 2.18. The van der Waals surface area contributed by atoms with Gasteiger partial charge in [0.2, 0.25) is 0 Å². The second-order valence-electron chi connectivity index (χ2n) is 4.33. The fourth-order valence-corrected chi connectivity index (χ4v) is 2.08. The first-order chi connectivity index (χ1) is 8.58. The van der Waals surface area contributed by atoms with E-state index in [-0.39, 0.29) is 10.6 Å². The van der Waals surface area contributed by atoms with Crippen molar-refractivity contribution in [1.82, 2.24) is 15.3 Å². The highest BCUT2D eigenvalue weighted by Gasteiger charge is 2.20. The number of amides is 1. The minimum absolute atomic E-state index is 0.0990. The maximum absolute atomic E-state index is 13.5. The molecule has 0 aromatic heterocycles. The van der Waals surface area contributed by atoms with Crippen LogP contribution in [-0.4, -0.2) is 49.0 Å². The van der Waals surface area contributed by atoms with Gasteiger partial charge in [-0.1, -0.05) is 17.7 Å². The van der Waals surface area contributed by atoms with Crippen LogP contribution in [0.25, 0.3) is 0 Å². The molecular formula is C12H15ClFN3O. The third-order valence-corrected chi connectivity index (χ3v) is 3.27. The molecule has 0 spiro atoms. The third kappa shape index (κ3) is 2.98. The summed E-state index contributed by atoms with van der Waals surface area (Å²) in [7, 11) is 2.02. The first-order valence-electron chi connectivity index (χ1n) is 5.76. The maximum Gasteiger partial charge on any atom is 0.270 e. The Morgan fingerprint density at radius 2 is 2.00 bits per heavy atom. The van der Waals surface area contributed by atoms with Crippen LogP contribution in [0, 0.1) is 5.82 Å². The number of carbonyl (C=O) groups is 1. The lowest BCUT2D eigenvalue weighted by atomic mass is 10.2. The summed E-state index contributed by atoms with van der Waals surface area (Å²) in [5, 5.41) is 1.91. The van der Waals surface area contributed by atoms with Gasteiger partial charge in [-0.25, -0.2) is 9.40 Å². The Morgan fingerprint density at radius 3 is 2.61 bits per heavy atom. The van der Waals surface area contributed by atoms with Crippen molar-refractivity contribution in [3.63, 3.8) is 0 Å². The SMILES string of the molecule is CN1CCN(NC(=O)c2c(F)cccc2Cl)CC1. The van der Waals surface area contributed by atoms with Crippen molar-refractivity contribution in [2.75, 3.05) is 33.2 Å². The number of rotatable bonds is 2. The van der Waals surface area contributed by atoms with Gasteiger partial charge in [0.1, 0.15) is 5.82 Å². The number of carbonyl (C=O) groups excluding carboxylic acids is 1. The van der Waals surface area contributed by atoms with Gasteiger partial charge in [-0.2, -0.15) is 0 Å². The van der Waals surface area contributed by atoms with Crippen LogP contribution in [0.5, 0.6) is 0 Å². The molecule has 0 unspecified atom stereocenters. The summed E-state index contributed by atoms with van der Waals surface area (Å²) in [6, 6.07) is 4.21. The van der Waals surface area contributed by atoms with Crippen LogP contribution in [0.15, 0.2) is 18.2 Å². The Labute approximate surface area is 110 Å². The topological polar surface area (TPSA) is 35.6 Å². The molecule has 1 aliphatic heterocycles. The molecule has 0 saturated carbocycles. The molecule has 1 saturated heterocycles. The third-order valence-electron chi connectivity index (χ3n) is 2.95. The fraction of sp³-hybridized carbons (Fsp3) is 0.417. The number of piperazine rings is 1. The Bertz CT molecular complexity index is 427. The van der Waals surface area contributed by atoms with Gasteiger partial charge < -0.3 is 4.90 Å². The van der Waals surface area contributed by atoms with Crippen molar-refractivity contribution in [2.45, 2.75) is 0 Å². The molecule has 1 amide bonds. The highest BCUT2D eigenvalue weighted by atomic mass is 35.5. The Kier molecular flexibility index (Phi) is 4.16. The molecule has 0 bridgehead atoms. The quantitative estimate of drug-likeness (QED) is 0.883. The number of hydrogen-bond donors (Lipinski definition) is 1. The fourth-order valence-electron chi connectivity index (χ4n) is 1.83. The Balaban J connectivity index is 2.04. The number of benzene rings is 1. The number of likely N-dealkylation sites (N-methyl/N-ethyl adjacent to an activating group) is 1. The van der Waals surface area contributed by atoms with Crippen LogP contribution < -0.4 is 5.43 Å². The van der Waals surface area contributed by atoms with Crippen molar-refractivity contribution in [1.29, 1.82) is 0 Å². The van der Waals surface area contributed by atoms with Crippen LogP contribution in [-0.2, 0) is 0 Å². The van der Waals surface area contributed by atoms with E-state index < -0.39 is 11.7 Å². The lowest BCUT2D eigenvalue weighted by molar-refractivity contribution is 0.0659. The molecule has 1 aromatic carbocycles. The molecule has 1 aromatic rings. The van der Waals surface area contributed by atoms with Crippen molar-refractivity contribution >= 4 is 17.5 Å². The van der Waals surface area contributed by atoms with Gasteiger partial charge in [0.25, 0.3) is 5.91 Å². The highest BCUT2D eigenvalue weighted by molar-refractivity contribution is 6.33. The summed E-state index contributed by atoms with van der Waals surface area (Å²) in [5.41, 5.74) is 2.58. The van der Waals surface area contributed by atoms with E-state index >= 15 is 0 Å². The molecule has 1 N–H and O–H groups in total. The van der Waals surface area contributed by atoms with Gasteiger partial charge in [-0.3, -0.25) is 10.2 Å². The number of hydrazine groups is 1. The second-order valence-corrected chi connectivity index (χ2v) is 4.74.